The molecule has 0 radical (unpaired) electrons. The van der Waals surface area contributed by atoms with Gasteiger partial charge in [-0.1, -0.05) is 30.3 Å². The van der Waals surface area contributed by atoms with Gasteiger partial charge in [0.1, 0.15) is 5.82 Å². The number of fused-ring (bicyclic) bond motifs is 1. The smallest absolute Gasteiger partial charge is 0.261 e. The lowest BCUT2D eigenvalue weighted by molar-refractivity contribution is 0.0981. The Morgan fingerprint density at radius 1 is 1.10 bits per heavy atom. The number of para-hydroxylation sites is 1. The largest absolute Gasteiger partial charge is 0.308 e. The quantitative estimate of drug-likeness (QED) is 0.773. The molecule has 1 amide bonds. The van der Waals surface area contributed by atoms with E-state index >= 15 is 0 Å². The van der Waals surface area contributed by atoms with E-state index in [4.69, 9.17) is 0 Å². The van der Waals surface area contributed by atoms with Gasteiger partial charge in [-0.2, -0.15) is 0 Å². The van der Waals surface area contributed by atoms with E-state index < -0.39 is 5.82 Å². The van der Waals surface area contributed by atoms with Crippen LogP contribution in [0.25, 0.3) is 0 Å². The molecule has 0 bridgehead atoms. The number of benzene rings is 2. The Morgan fingerprint density at radius 2 is 1.81 bits per heavy atom. The molecule has 1 heterocycles. The second kappa shape index (κ2) is 5.32. The fraction of sp³-hybridized carbons (Fsp3) is 0.278. The summed E-state index contributed by atoms with van der Waals surface area (Å²) >= 11 is 0. The van der Waals surface area contributed by atoms with Gasteiger partial charge >= 0.3 is 0 Å². The highest BCUT2D eigenvalue weighted by atomic mass is 19.1. The highest BCUT2D eigenvalue weighted by Crippen LogP contribution is 2.32. The molecule has 0 unspecified atom stereocenters. The van der Waals surface area contributed by atoms with Gasteiger partial charge < -0.3 is 4.90 Å². The number of halogens is 1. The Bertz CT molecular complexity index is 708. The molecule has 1 aliphatic rings. The van der Waals surface area contributed by atoms with E-state index in [1.54, 1.807) is 30.0 Å². The Kier molecular flexibility index (Phi) is 3.50. The predicted octanol–water partition coefficient (Wildman–Crippen LogP) is 4.04. The first-order chi connectivity index (χ1) is 10.1. The molecular formula is C18H18FNO. The van der Waals surface area contributed by atoms with Gasteiger partial charge in [-0.15, -0.1) is 0 Å². The van der Waals surface area contributed by atoms with Crippen LogP contribution in [-0.4, -0.2) is 12.5 Å². The number of carbonyl (C=O) groups is 1. The third kappa shape index (κ3) is 2.33. The van der Waals surface area contributed by atoms with Crippen molar-refractivity contribution in [2.75, 3.05) is 11.4 Å². The average Bonchev–Trinajstić information content (AvgIpc) is 2.49. The second-order valence-corrected chi connectivity index (χ2v) is 5.58. The molecule has 2 aromatic rings. The van der Waals surface area contributed by atoms with Crippen molar-refractivity contribution in [3.05, 3.63) is 64.5 Å². The minimum atomic E-state index is -0.414. The van der Waals surface area contributed by atoms with Crippen LogP contribution in [0.1, 0.15) is 33.5 Å². The van der Waals surface area contributed by atoms with Gasteiger partial charge in [0.15, 0.2) is 0 Å². The van der Waals surface area contributed by atoms with Gasteiger partial charge in [-0.05, 0) is 49.4 Å². The lowest BCUT2D eigenvalue weighted by atomic mass is 9.97. The molecule has 0 fully saturated rings. The minimum absolute atomic E-state index is 0.158. The first-order valence-corrected chi connectivity index (χ1v) is 7.25. The van der Waals surface area contributed by atoms with Crippen LogP contribution < -0.4 is 4.90 Å². The summed E-state index contributed by atoms with van der Waals surface area (Å²) in [6.45, 7) is 4.32. The fourth-order valence-corrected chi connectivity index (χ4v) is 3.01. The SMILES string of the molecule is Cc1cccc(C(=O)N2CCCc3cccc(C)c32)c1F. The van der Waals surface area contributed by atoms with E-state index in [2.05, 4.69) is 0 Å². The zero-order chi connectivity index (χ0) is 15.0. The number of anilines is 1. The van der Waals surface area contributed by atoms with Crippen LogP contribution in [0.2, 0.25) is 0 Å². The molecule has 2 aromatic carbocycles. The van der Waals surface area contributed by atoms with E-state index in [0.717, 1.165) is 24.1 Å². The molecule has 1 aliphatic heterocycles. The van der Waals surface area contributed by atoms with E-state index in [1.807, 2.05) is 25.1 Å². The topological polar surface area (TPSA) is 20.3 Å². The Morgan fingerprint density at radius 3 is 2.62 bits per heavy atom. The summed E-state index contributed by atoms with van der Waals surface area (Å²) in [4.78, 5) is 14.5. The summed E-state index contributed by atoms with van der Waals surface area (Å²) in [7, 11) is 0. The van der Waals surface area contributed by atoms with Crippen molar-refractivity contribution in [1.82, 2.24) is 0 Å². The van der Waals surface area contributed by atoms with E-state index in [0.29, 0.717) is 12.1 Å². The van der Waals surface area contributed by atoms with Gasteiger partial charge in [0.2, 0.25) is 0 Å². The number of rotatable bonds is 1. The summed E-state index contributed by atoms with van der Waals surface area (Å²) in [5, 5.41) is 0. The number of nitrogens with zero attached hydrogens (tertiary/aromatic N) is 1. The molecule has 3 rings (SSSR count). The average molecular weight is 283 g/mol. The number of hydrogen-bond acceptors (Lipinski definition) is 1. The maximum absolute atomic E-state index is 14.2. The van der Waals surface area contributed by atoms with Gasteiger partial charge in [-0.3, -0.25) is 4.79 Å². The molecule has 0 saturated heterocycles. The zero-order valence-corrected chi connectivity index (χ0v) is 12.3. The van der Waals surface area contributed by atoms with Crippen LogP contribution in [-0.2, 0) is 6.42 Å². The van der Waals surface area contributed by atoms with Crippen LogP contribution in [0.4, 0.5) is 10.1 Å². The lowest BCUT2D eigenvalue weighted by Gasteiger charge is -2.31. The number of amides is 1. The van der Waals surface area contributed by atoms with E-state index in [-0.39, 0.29) is 11.5 Å². The highest BCUT2D eigenvalue weighted by Gasteiger charge is 2.26. The summed E-state index contributed by atoms with van der Waals surface area (Å²) in [5.41, 5.74) is 3.85. The molecule has 3 heteroatoms. The van der Waals surface area contributed by atoms with Crippen molar-refractivity contribution >= 4 is 11.6 Å². The van der Waals surface area contributed by atoms with Crippen molar-refractivity contribution in [3.63, 3.8) is 0 Å². The van der Waals surface area contributed by atoms with Crippen molar-refractivity contribution in [3.8, 4) is 0 Å². The Hall–Kier alpha value is -2.16. The molecule has 21 heavy (non-hydrogen) atoms. The molecule has 0 atom stereocenters. The Labute approximate surface area is 124 Å². The number of aryl methyl sites for hydroxylation is 3. The fourth-order valence-electron chi connectivity index (χ4n) is 3.01. The van der Waals surface area contributed by atoms with Crippen molar-refractivity contribution in [2.24, 2.45) is 0 Å². The monoisotopic (exact) mass is 283 g/mol. The first-order valence-electron chi connectivity index (χ1n) is 7.25. The molecule has 108 valence electrons. The molecule has 0 saturated carbocycles. The van der Waals surface area contributed by atoms with Gasteiger partial charge in [0.25, 0.3) is 5.91 Å². The van der Waals surface area contributed by atoms with Gasteiger partial charge in [0, 0.05) is 6.54 Å². The highest BCUT2D eigenvalue weighted by molar-refractivity contribution is 6.07. The number of carbonyl (C=O) groups excluding carboxylic acids is 1. The van der Waals surface area contributed by atoms with Crippen LogP contribution in [0.5, 0.6) is 0 Å². The van der Waals surface area contributed by atoms with Crippen molar-refractivity contribution < 1.29 is 9.18 Å². The van der Waals surface area contributed by atoms with E-state index in [1.165, 1.54) is 5.56 Å². The van der Waals surface area contributed by atoms with Crippen LogP contribution >= 0.6 is 0 Å². The maximum atomic E-state index is 14.2. The standard InChI is InChI=1S/C18H18FNO/c1-12-6-4-10-15(16(12)19)18(21)20-11-5-9-14-8-3-7-13(2)17(14)20/h3-4,6-8,10H,5,9,11H2,1-2H3. The van der Waals surface area contributed by atoms with E-state index in [9.17, 15) is 9.18 Å². The minimum Gasteiger partial charge on any atom is -0.308 e. The zero-order valence-electron chi connectivity index (χ0n) is 12.3. The lowest BCUT2D eigenvalue weighted by Crippen LogP contribution is -2.36. The molecule has 0 aromatic heterocycles. The maximum Gasteiger partial charge on any atom is 0.261 e. The summed E-state index contributed by atoms with van der Waals surface area (Å²) in [5.74, 6) is -0.658. The van der Waals surface area contributed by atoms with Crippen molar-refractivity contribution in [2.45, 2.75) is 26.7 Å². The third-order valence-electron chi connectivity index (χ3n) is 4.09. The molecule has 0 aliphatic carbocycles. The number of hydrogen-bond donors (Lipinski definition) is 0. The van der Waals surface area contributed by atoms with Crippen molar-refractivity contribution in [1.29, 1.82) is 0 Å². The Balaban J connectivity index is 2.07. The van der Waals surface area contributed by atoms with Gasteiger partial charge in [0.05, 0.1) is 11.3 Å². The predicted molar refractivity (Wildman–Crippen MR) is 82.3 cm³/mol. The molecule has 2 nitrogen and oxygen atoms in total. The summed E-state index contributed by atoms with van der Waals surface area (Å²) in [6.07, 6.45) is 1.88. The van der Waals surface area contributed by atoms with Crippen LogP contribution in [0.3, 0.4) is 0 Å². The molecular weight excluding hydrogens is 265 g/mol. The second-order valence-electron chi connectivity index (χ2n) is 5.58. The third-order valence-corrected chi connectivity index (χ3v) is 4.09. The first kappa shape index (κ1) is 13.8. The normalized spacial score (nSPS) is 14.0. The van der Waals surface area contributed by atoms with Crippen LogP contribution in [0.15, 0.2) is 36.4 Å². The molecule has 0 spiro atoms. The van der Waals surface area contributed by atoms with Gasteiger partial charge in [-0.25, -0.2) is 4.39 Å². The summed E-state index contributed by atoms with van der Waals surface area (Å²) < 4.78 is 14.2. The summed E-state index contributed by atoms with van der Waals surface area (Å²) in [6, 6.07) is 11.0. The van der Waals surface area contributed by atoms with Crippen LogP contribution in [0, 0.1) is 19.7 Å². The molecule has 0 N–H and O–H groups in total.